The third-order valence-corrected chi connectivity index (χ3v) is 5.14. The van der Waals surface area contributed by atoms with Crippen molar-refractivity contribution in [3.05, 3.63) is 59.4 Å². The highest BCUT2D eigenvalue weighted by Gasteiger charge is 2.31. The van der Waals surface area contributed by atoms with Gasteiger partial charge in [0.15, 0.2) is 0 Å². The SMILES string of the molecule is FC(F)(F)Oc1ccc(CN2CCN(c3ncnc4cccc(Cl)c34)CC2)cc1. The van der Waals surface area contributed by atoms with Gasteiger partial charge in [-0.05, 0) is 29.8 Å². The molecule has 0 aliphatic carbocycles. The van der Waals surface area contributed by atoms with Crippen molar-refractivity contribution in [2.45, 2.75) is 12.9 Å². The van der Waals surface area contributed by atoms with Crippen molar-refractivity contribution in [3.63, 3.8) is 0 Å². The van der Waals surface area contributed by atoms with Crippen LogP contribution in [0.25, 0.3) is 10.9 Å². The number of halogens is 4. The Morgan fingerprint density at radius 3 is 2.38 bits per heavy atom. The van der Waals surface area contributed by atoms with Crippen LogP contribution >= 0.6 is 11.6 Å². The molecule has 152 valence electrons. The lowest BCUT2D eigenvalue weighted by Gasteiger charge is -2.35. The van der Waals surface area contributed by atoms with Crippen LogP contribution in [0.15, 0.2) is 48.8 Å². The van der Waals surface area contributed by atoms with Crippen LogP contribution in [0.4, 0.5) is 19.0 Å². The van der Waals surface area contributed by atoms with Gasteiger partial charge in [0, 0.05) is 32.7 Å². The van der Waals surface area contributed by atoms with Crippen LogP contribution in [0.5, 0.6) is 5.75 Å². The molecule has 2 heterocycles. The number of nitrogens with zero attached hydrogens (tertiary/aromatic N) is 4. The largest absolute Gasteiger partial charge is 0.573 e. The first-order chi connectivity index (χ1) is 13.9. The first kappa shape index (κ1) is 19.7. The predicted octanol–water partition coefficient (Wildman–Crippen LogP) is 4.50. The Bertz CT molecular complexity index is 984. The van der Waals surface area contributed by atoms with E-state index in [0.717, 1.165) is 48.5 Å². The molecule has 1 fully saturated rings. The maximum absolute atomic E-state index is 12.3. The number of aromatic nitrogens is 2. The molecule has 1 aliphatic rings. The van der Waals surface area contributed by atoms with Crippen molar-refractivity contribution in [3.8, 4) is 5.75 Å². The van der Waals surface area contributed by atoms with Gasteiger partial charge in [-0.3, -0.25) is 4.90 Å². The number of rotatable bonds is 4. The number of hydrogen-bond acceptors (Lipinski definition) is 5. The molecular weight excluding hydrogens is 405 g/mol. The molecule has 9 heteroatoms. The zero-order valence-corrected chi connectivity index (χ0v) is 16.1. The normalized spacial score (nSPS) is 15.7. The first-order valence-corrected chi connectivity index (χ1v) is 9.48. The highest BCUT2D eigenvalue weighted by atomic mass is 35.5. The molecule has 5 nitrogen and oxygen atoms in total. The van der Waals surface area contributed by atoms with E-state index in [1.165, 1.54) is 12.1 Å². The summed E-state index contributed by atoms with van der Waals surface area (Å²) in [7, 11) is 0. The quantitative estimate of drug-likeness (QED) is 0.619. The molecule has 0 bridgehead atoms. The first-order valence-electron chi connectivity index (χ1n) is 9.10. The summed E-state index contributed by atoms with van der Waals surface area (Å²) >= 11 is 6.37. The number of alkyl halides is 3. The summed E-state index contributed by atoms with van der Waals surface area (Å²) in [5.74, 6) is 0.618. The van der Waals surface area contributed by atoms with Crippen LogP contribution in [0.2, 0.25) is 5.02 Å². The molecule has 0 amide bonds. The number of piperazine rings is 1. The number of hydrogen-bond donors (Lipinski definition) is 0. The fourth-order valence-corrected chi connectivity index (χ4v) is 3.72. The maximum atomic E-state index is 12.3. The van der Waals surface area contributed by atoms with Gasteiger partial charge in [-0.1, -0.05) is 29.8 Å². The predicted molar refractivity (Wildman–Crippen MR) is 105 cm³/mol. The van der Waals surface area contributed by atoms with Gasteiger partial charge in [0.25, 0.3) is 0 Å². The summed E-state index contributed by atoms with van der Waals surface area (Å²) in [6.45, 7) is 3.80. The maximum Gasteiger partial charge on any atom is 0.573 e. The van der Waals surface area contributed by atoms with Gasteiger partial charge in [-0.2, -0.15) is 0 Å². The zero-order chi connectivity index (χ0) is 20.4. The van der Waals surface area contributed by atoms with Gasteiger partial charge < -0.3 is 9.64 Å². The molecular formula is C20H18ClF3N4O. The highest BCUT2D eigenvalue weighted by Crippen LogP contribution is 2.30. The smallest absolute Gasteiger partial charge is 0.406 e. The van der Waals surface area contributed by atoms with E-state index in [1.54, 1.807) is 18.5 Å². The minimum Gasteiger partial charge on any atom is -0.406 e. The summed E-state index contributed by atoms with van der Waals surface area (Å²) in [4.78, 5) is 13.2. The van der Waals surface area contributed by atoms with E-state index in [0.29, 0.717) is 11.6 Å². The van der Waals surface area contributed by atoms with Gasteiger partial charge in [-0.15, -0.1) is 13.2 Å². The van der Waals surface area contributed by atoms with E-state index in [-0.39, 0.29) is 5.75 Å². The fraction of sp³-hybridized carbons (Fsp3) is 0.300. The average Bonchev–Trinajstić information content (AvgIpc) is 2.69. The van der Waals surface area contributed by atoms with Gasteiger partial charge in [0.2, 0.25) is 0 Å². The minimum absolute atomic E-state index is 0.210. The van der Waals surface area contributed by atoms with E-state index in [1.807, 2.05) is 18.2 Å². The number of fused-ring (bicyclic) bond motifs is 1. The molecule has 1 aliphatic heterocycles. The number of benzene rings is 2. The minimum atomic E-state index is -4.67. The molecule has 1 saturated heterocycles. The fourth-order valence-electron chi connectivity index (χ4n) is 3.46. The Morgan fingerprint density at radius 2 is 1.69 bits per heavy atom. The Labute approximate surface area is 170 Å². The molecule has 0 N–H and O–H groups in total. The van der Waals surface area contributed by atoms with E-state index in [9.17, 15) is 13.2 Å². The van der Waals surface area contributed by atoms with Gasteiger partial charge in [0.05, 0.1) is 15.9 Å². The third-order valence-electron chi connectivity index (χ3n) is 4.83. The molecule has 0 saturated carbocycles. The Balaban J connectivity index is 1.39. The van der Waals surface area contributed by atoms with E-state index >= 15 is 0 Å². The van der Waals surface area contributed by atoms with Crippen molar-refractivity contribution < 1.29 is 17.9 Å². The molecule has 3 aromatic rings. The van der Waals surface area contributed by atoms with E-state index < -0.39 is 6.36 Å². The number of anilines is 1. The van der Waals surface area contributed by atoms with Crippen molar-refractivity contribution in [1.29, 1.82) is 0 Å². The molecule has 1 aromatic heterocycles. The van der Waals surface area contributed by atoms with E-state index in [2.05, 4.69) is 24.5 Å². The topological polar surface area (TPSA) is 41.5 Å². The highest BCUT2D eigenvalue weighted by molar-refractivity contribution is 6.36. The van der Waals surface area contributed by atoms with Crippen LogP contribution in [0, 0.1) is 0 Å². The second kappa shape index (κ2) is 8.04. The average molecular weight is 423 g/mol. The number of ether oxygens (including phenoxy) is 1. The van der Waals surface area contributed by atoms with Gasteiger partial charge in [0.1, 0.15) is 17.9 Å². The van der Waals surface area contributed by atoms with Crippen LogP contribution in [0.1, 0.15) is 5.56 Å². The Morgan fingerprint density at radius 1 is 0.966 bits per heavy atom. The van der Waals surface area contributed by atoms with Crippen molar-refractivity contribution in [1.82, 2.24) is 14.9 Å². The van der Waals surface area contributed by atoms with Crippen molar-refractivity contribution >= 4 is 28.3 Å². The summed E-state index contributed by atoms with van der Waals surface area (Å²) in [5, 5.41) is 1.48. The van der Waals surface area contributed by atoms with Crippen LogP contribution in [-0.2, 0) is 6.54 Å². The zero-order valence-electron chi connectivity index (χ0n) is 15.4. The lowest BCUT2D eigenvalue weighted by atomic mass is 10.1. The third kappa shape index (κ3) is 4.71. The van der Waals surface area contributed by atoms with Gasteiger partial charge >= 0.3 is 6.36 Å². The summed E-state index contributed by atoms with van der Waals surface area (Å²) in [6, 6.07) is 11.6. The summed E-state index contributed by atoms with van der Waals surface area (Å²) in [5.41, 5.74) is 1.74. The lowest BCUT2D eigenvalue weighted by molar-refractivity contribution is -0.274. The monoisotopic (exact) mass is 422 g/mol. The van der Waals surface area contributed by atoms with Crippen LogP contribution in [0.3, 0.4) is 0 Å². The Hall–Kier alpha value is -2.58. The van der Waals surface area contributed by atoms with Gasteiger partial charge in [-0.25, -0.2) is 9.97 Å². The standard InChI is InChI=1S/C20H18ClF3N4O/c21-16-2-1-3-17-18(16)19(26-13-25-17)28-10-8-27(9-11-28)12-14-4-6-15(7-5-14)29-20(22,23)24/h1-7,13H,8-12H2. The lowest BCUT2D eigenvalue weighted by Crippen LogP contribution is -2.46. The second-order valence-corrected chi connectivity index (χ2v) is 7.19. The van der Waals surface area contributed by atoms with Crippen LogP contribution < -0.4 is 9.64 Å². The molecule has 0 radical (unpaired) electrons. The molecule has 0 spiro atoms. The van der Waals surface area contributed by atoms with E-state index in [4.69, 9.17) is 11.6 Å². The molecule has 4 rings (SSSR count). The Kier molecular flexibility index (Phi) is 5.47. The molecule has 2 aromatic carbocycles. The van der Waals surface area contributed by atoms with Crippen molar-refractivity contribution in [2.75, 3.05) is 31.1 Å². The summed E-state index contributed by atoms with van der Waals surface area (Å²) in [6.07, 6.45) is -3.13. The second-order valence-electron chi connectivity index (χ2n) is 6.79. The van der Waals surface area contributed by atoms with Crippen LogP contribution in [-0.4, -0.2) is 47.4 Å². The molecule has 29 heavy (non-hydrogen) atoms. The molecule has 0 atom stereocenters. The van der Waals surface area contributed by atoms with Crippen molar-refractivity contribution in [2.24, 2.45) is 0 Å². The summed E-state index contributed by atoms with van der Waals surface area (Å²) < 4.78 is 40.7. The molecule has 0 unspecified atom stereocenters.